The van der Waals surface area contributed by atoms with Crippen molar-refractivity contribution in [3.63, 3.8) is 0 Å². The number of benzene rings is 1. The van der Waals surface area contributed by atoms with E-state index in [1.54, 1.807) is 0 Å². The normalized spacial score (nSPS) is 41.7. The Kier molecular flexibility index (Phi) is 3.45. The summed E-state index contributed by atoms with van der Waals surface area (Å²) in [5.41, 5.74) is 0.351. The van der Waals surface area contributed by atoms with Crippen LogP contribution in [0.15, 0.2) is 22.7 Å². The van der Waals surface area contributed by atoms with Crippen molar-refractivity contribution >= 4 is 33.3 Å². The topological polar surface area (TPSA) is 52.6 Å². The number of halogens is 1. The summed E-state index contributed by atoms with van der Waals surface area (Å²) in [6, 6.07) is 6.01. The van der Waals surface area contributed by atoms with Crippen LogP contribution in [0.2, 0.25) is 0 Å². The number of hydrogen-bond acceptors (Lipinski definition) is 4. The first kappa shape index (κ1) is 17.8. The van der Waals surface area contributed by atoms with Gasteiger partial charge in [0.1, 0.15) is 0 Å². The molecule has 1 aromatic carbocycles. The van der Waals surface area contributed by atoms with E-state index in [1.165, 1.54) is 0 Å². The Bertz CT molecular complexity index is 832. The molecule has 27 heavy (non-hydrogen) atoms. The molecule has 6 rings (SSSR count). The van der Waals surface area contributed by atoms with Crippen molar-refractivity contribution in [1.29, 1.82) is 0 Å². The number of fused-ring (bicyclic) bond motifs is 1. The zero-order valence-corrected chi connectivity index (χ0v) is 17.9. The summed E-state index contributed by atoms with van der Waals surface area (Å²) in [5.74, 6) is 0.949. The number of anilines is 1. The second kappa shape index (κ2) is 5.22. The predicted molar refractivity (Wildman–Crippen MR) is 107 cm³/mol. The molecule has 1 amide bonds. The van der Waals surface area contributed by atoms with E-state index in [2.05, 4.69) is 64.8 Å². The van der Waals surface area contributed by atoms with E-state index in [9.17, 15) is 9.59 Å². The van der Waals surface area contributed by atoms with Crippen LogP contribution >= 0.6 is 15.9 Å². The molecule has 5 nitrogen and oxygen atoms in total. The summed E-state index contributed by atoms with van der Waals surface area (Å²) in [5, 5.41) is 3.11. The number of ketones is 1. The van der Waals surface area contributed by atoms with E-state index in [-0.39, 0.29) is 28.6 Å². The Morgan fingerprint density at radius 2 is 1.48 bits per heavy atom. The molecule has 1 aromatic rings. The maximum atomic E-state index is 13.7. The van der Waals surface area contributed by atoms with Gasteiger partial charge >= 0.3 is 0 Å². The third kappa shape index (κ3) is 1.83. The first-order chi connectivity index (χ1) is 12.7. The number of carbonyl (C=O) groups is 2. The van der Waals surface area contributed by atoms with Crippen molar-refractivity contribution in [1.82, 2.24) is 9.80 Å². The van der Waals surface area contributed by atoms with Crippen LogP contribution in [0, 0.1) is 22.7 Å². The molecule has 6 heteroatoms. The number of carbonyl (C=O) groups excluding carboxylic acids is 2. The minimum atomic E-state index is -0.781. The van der Waals surface area contributed by atoms with Crippen molar-refractivity contribution in [3.8, 4) is 0 Å². The zero-order valence-electron chi connectivity index (χ0n) is 16.3. The van der Waals surface area contributed by atoms with Gasteiger partial charge in [-0.05, 0) is 30.0 Å². The Balaban J connectivity index is 1.73. The average molecular weight is 432 g/mol. The zero-order chi connectivity index (χ0) is 19.4. The molecule has 1 spiro atoms. The largest absolute Gasteiger partial charge is 0.323 e. The molecular weight excluding hydrogens is 406 g/mol. The van der Waals surface area contributed by atoms with Gasteiger partial charge in [-0.15, -0.1) is 0 Å². The maximum Gasteiger partial charge on any atom is 0.264 e. The van der Waals surface area contributed by atoms with Gasteiger partial charge in [0.25, 0.3) is 5.91 Å². The highest BCUT2D eigenvalue weighted by Gasteiger charge is 2.74. The molecule has 1 N–H and O–H groups in total. The lowest BCUT2D eigenvalue weighted by Crippen LogP contribution is -2.85. The number of nitrogens with one attached hydrogen (secondary N) is 1. The molecule has 0 unspecified atom stereocenters. The third-order valence-electron chi connectivity index (χ3n) is 7.84. The molecule has 4 fully saturated rings. The molecule has 4 bridgehead atoms. The van der Waals surface area contributed by atoms with E-state index in [0.717, 1.165) is 15.7 Å². The lowest BCUT2D eigenvalue weighted by atomic mass is 9.52. The highest BCUT2D eigenvalue weighted by molar-refractivity contribution is 9.10. The molecule has 0 aromatic heterocycles. The Morgan fingerprint density at radius 3 is 1.96 bits per heavy atom. The van der Waals surface area contributed by atoms with E-state index in [1.807, 2.05) is 12.1 Å². The van der Waals surface area contributed by atoms with Gasteiger partial charge in [-0.2, -0.15) is 0 Å². The lowest BCUT2D eigenvalue weighted by Gasteiger charge is -2.70. The van der Waals surface area contributed by atoms with Gasteiger partial charge < -0.3 is 5.32 Å². The summed E-state index contributed by atoms with van der Waals surface area (Å²) < 4.78 is 0.974. The molecule has 4 saturated heterocycles. The first-order valence-electron chi connectivity index (χ1n) is 9.85. The summed E-state index contributed by atoms with van der Waals surface area (Å²) >= 11 is 3.58. The minimum Gasteiger partial charge on any atom is -0.323 e. The quantitative estimate of drug-likeness (QED) is 0.781. The van der Waals surface area contributed by atoms with Crippen molar-refractivity contribution in [2.24, 2.45) is 22.7 Å². The molecular formula is C21H26BrN3O2. The fourth-order valence-corrected chi connectivity index (χ4v) is 6.50. The fraction of sp³-hybridized carbons (Fsp3) is 0.619. The van der Waals surface area contributed by atoms with Gasteiger partial charge in [-0.1, -0.05) is 43.6 Å². The molecule has 0 saturated carbocycles. The maximum absolute atomic E-state index is 13.7. The number of Topliss-reactive ketones (excluding diaryl/α,β-unsaturated/α-hetero) is 1. The SMILES string of the molecule is CC(C)C12CN3CC(C(C)C)(CN(C1)C31C(=O)Nc3ccc(Br)cc31)C2=O. The Hall–Kier alpha value is -1.24. The molecule has 0 atom stereocenters. The highest BCUT2D eigenvalue weighted by atomic mass is 79.9. The summed E-state index contributed by atoms with van der Waals surface area (Å²) in [7, 11) is 0. The molecule has 5 heterocycles. The van der Waals surface area contributed by atoms with E-state index >= 15 is 0 Å². The lowest BCUT2D eigenvalue weighted by molar-refractivity contribution is -0.245. The van der Waals surface area contributed by atoms with Gasteiger partial charge in [0.15, 0.2) is 11.4 Å². The van der Waals surface area contributed by atoms with Crippen LogP contribution in [0.5, 0.6) is 0 Å². The number of amides is 1. The summed E-state index contributed by atoms with van der Waals surface area (Å²) in [6.45, 7) is 11.3. The van der Waals surface area contributed by atoms with E-state index < -0.39 is 5.66 Å². The summed E-state index contributed by atoms with van der Waals surface area (Å²) in [6.07, 6.45) is 0. The second-order valence-electron chi connectivity index (χ2n) is 9.48. The monoisotopic (exact) mass is 431 g/mol. The molecule has 5 aliphatic heterocycles. The molecule has 0 aliphatic carbocycles. The van der Waals surface area contributed by atoms with E-state index in [0.29, 0.717) is 32.0 Å². The minimum absolute atomic E-state index is 0.0275. The van der Waals surface area contributed by atoms with Gasteiger partial charge in [-0.25, -0.2) is 0 Å². The molecule has 144 valence electrons. The van der Waals surface area contributed by atoms with Gasteiger partial charge in [-0.3, -0.25) is 19.4 Å². The predicted octanol–water partition coefficient (Wildman–Crippen LogP) is 3.05. The molecule has 5 aliphatic rings. The van der Waals surface area contributed by atoms with Gasteiger partial charge in [0, 0.05) is 41.9 Å². The van der Waals surface area contributed by atoms with Crippen LogP contribution in [-0.4, -0.2) is 47.7 Å². The van der Waals surface area contributed by atoms with Crippen LogP contribution in [0.3, 0.4) is 0 Å². The van der Waals surface area contributed by atoms with Crippen LogP contribution in [-0.2, 0) is 15.3 Å². The van der Waals surface area contributed by atoms with Crippen LogP contribution in [0.25, 0.3) is 0 Å². The first-order valence-corrected chi connectivity index (χ1v) is 10.6. The van der Waals surface area contributed by atoms with Crippen LogP contribution in [0.1, 0.15) is 33.3 Å². The number of hydrogen-bond donors (Lipinski definition) is 1. The van der Waals surface area contributed by atoms with Crippen molar-refractivity contribution in [2.45, 2.75) is 33.4 Å². The number of nitrogens with zero attached hydrogens (tertiary/aromatic N) is 2. The Labute approximate surface area is 168 Å². The number of piperidine rings is 2. The highest BCUT2D eigenvalue weighted by Crippen LogP contribution is 2.61. The Morgan fingerprint density at radius 1 is 0.963 bits per heavy atom. The summed E-state index contributed by atoms with van der Waals surface area (Å²) in [4.78, 5) is 31.7. The number of rotatable bonds is 2. The smallest absolute Gasteiger partial charge is 0.264 e. The van der Waals surface area contributed by atoms with Crippen LogP contribution < -0.4 is 5.32 Å². The van der Waals surface area contributed by atoms with Crippen molar-refractivity contribution in [3.05, 3.63) is 28.2 Å². The fourth-order valence-electron chi connectivity index (χ4n) is 6.14. The molecule has 0 radical (unpaired) electrons. The van der Waals surface area contributed by atoms with Crippen molar-refractivity contribution < 1.29 is 9.59 Å². The van der Waals surface area contributed by atoms with Gasteiger partial charge in [0.05, 0.1) is 10.8 Å². The van der Waals surface area contributed by atoms with Crippen LogP contribution in [0.4, 0.5) is 5.69 Å². The van der Waals surface area contributed by atoms with E-state index in [4.69, 9.17) is 0 Å². The third-order valence-corrected chi connectivity index (χ3v) is 8.34. The van der Waals surface area contributed by atoms with Gasteiger partial charge in [0.2, 0.25) is 0 Å². The standard InChI is InChI=1S/C21H26BrN3O2/c1-12(2)19-8-24-10-20(13(3)4,17(19)26)11-25(9-19)21(24)15-7-14(22)5-6-16(15)23-18(21)27/h5-7,12-13H,8-11H2,1-4H3,(H,23,27). The second-order valence-corrected chi connectivity index (χ2v) is 10.4. The van der Waals surface area contributed by atoms with Crippen molar-refractivity contribution in [2.75, 3.05) is 31.5 Å². The average Bonchev–Trinajstić information content (AvgIpc) is 2.87.